The van der Waals surface area contributed by atoms with Crippen molar-refractivity contribution < 1.29 is 28.7 Å². The molecule has 0 saturated heterocycles. The molecule has 2 aliphatic rings. The smallest absolute Gasteiger partial charge is 0.339 e. The molecule has 3 aromatic rings. The lowest BCUT2D eigenvalue weighted by atomic mass is 9.64. The van der Waals surface area contributed by atoms with Crippen LogP contribution in [0.4, 0.5) is 16.2 Å². The van der Waals surface area contributed by atoms with Gasteiger partial charge in [-0.15, -0.1) is 0 Å². The van der Waals surface area contributed by atoms with E-state index in [0.717, 1.165) is 4.90 Å². The second kappa shape index (κ2) is 9.59. The molecule has 0 fully saturated rings. The molecule has 192 valence electrons. The third-order valence-corrected chi connectivity index (χ3v) is 6.95. The Labute approximate surface area is 219 Å². The number of hydrogen-bond acceptors (Lipinski definition) is 7. The van der Waals surface area contributed by atoms with E-state index in [-0.39, 0.29) is 12.3 Å². The highest BCUT2D eigenvalue weighted by Gasteiger charge is 2.71. The molecule has 0 radical (unpaired) electrons. The summed E-state index contributed by atoms with van der Waals surface area (Å²) in [4.78, 5) is 60.7. The Morgan fingerprint density at radius 1 is 0.947 bits per heavy atom. The Hall–Kier alpha value is -4.79. The Kier molecular flexibility index (Phi) is 6.28. The maximum absolute atomic E-state index is 14.4. The summed E-state index contributed by atoms with van der Waals surface area (Å²) in [7, 11) is 1.19. The minimum Gasteiger partial charge on any atom is -0.467 e. The number of rotatable bonds is 5. The Bertz CT molecular complexity index is 1440. The maximum atomic E-state index is 14.4. The first-order valence-electron chi connectivity index (χ1n) is 12.1. The summed E-state index contributed by atoms with van der Waals surface area (Å²) >= 11 is 0. The molecule has 9 nitrogen and oxygen atoms in total. The number of carbonyl (C=O) groups is 4. The van der Waals surface area contributed by atoms with Gasteiger partial charge in [-0.1, -0.05) is 66.7 Å². The summed E-state index contributed by atoms with van der Waals surface area (Å²) in [6.07, 6.45) is 1.30. The van der Waals surface area contributed by atoms with Gasteiger partial charge >= 0.3 is 18.0 Å². The van der Waals surface area contributed by atoms with Crippen LogP contribution >= 0.6 is 0 Å². The van der Waals surface area contributed by atoms with Crippen molar-refractivity contribution >= 4 is 41.5 Å². The second-order valence-corrected chi connectivity index (χ2v) is 8.89. The van der Waals surface area contributed by atoms with E-state index >= 15 is 0 Å². The molecule has 2 aliphatic heterocycles. The highest BCUT2D eigenvalue weighted by atomic mass is 16.5. The van der Waals surface area contributed by atoms with Gasteiger partial charge in [-0.3, -0.25) is 14.6 Å². The molecule has 1 N–H and O–H groups in total. The van der Waals surface area contributed by atoms with Gasteiger partial charge in [0.25, 0.3) is 5.91 Å². The normalized spacial score (nSPS) is 23.3. The average molecular weight is 512 g/mol. The number of nitrogens with one attached hydrogen (secondary N) is 1. The zero-order chi connectivity index (χ0) is 26.9. The standard InChI is InChI=1S/C29H25N3O6/c1-3-38-24(33)23-28(18-30-29(23,26(35)37-2)19-12-6-4-7-13-19)21-16-10-11-17-22(21)32(25(28)34)27(36)31-20-14-8-5-9-15-20/h4-18,23H,3H2,1-2H3,(H,31,36)/t23-,28-,29-/m0/s1. The Morgan fingerprint density at radius 3 is 2.24 bits per heavy atom. The lowest BCUT2D eigenvalue weighted by Crippen LogP contribution is -2.56. The number of methoxy groups -OCH3 is 1. The molecule has 0 aromatic heterocycles. The number of anilines is 2. The molecule has 0 aliphatic carbocycles. The van der Waals surface area contributed by atoms with Crippen molar-refractivity contribution in [2.75, 3.05) is 23.9 Å². The van der Waals surface area contributed by atoms with Crippen molar-refractivity contribution in [2.45, 2.75) is 17.9 Å². The van der Waals surface area contributed by atoms with Crippen LogP contribution in [0.15, 0.2) is 89.9 Å². The first-order valence-corrected chi connectivity index (χ1v) is 12.1. The quantitative estimate of drug-likeness (QED) is 0.521. The molecule has 3 atom stereocenters. The van der Waals surface area contributed by atoms with Gasteiger partial charge in [-0.05, 0) is 36.2 Å². The molecular formula is C29H25N3O6. The number of amides is 3. The van der Waals surface area contributed by atoms with Crippen molar-refractivity contribution in [1.82, 2.24) is 0 Å². The largest absolute Gasteiger partial charge is 0.467 e. The van der Waals surface area contributed by atoms with Gasteiger partial charge in [0.05, 0.1) is 19.4 Å². The van der Waals surface area contributed by atoms with Gasteiger partial charge in [-0.25, -0.2) is 14.5 Å². The minimum atomic E-state index is -1.92. The van der Waals surface area contributed by atoms with E-state index in [9.17, 15) is 19.2 Å². The van der Waals surface area contributed by atoms with Crippen LogP contribution in [0.3, 0.4) is 0 Å². The summed E-state index contributed by atoms with van der Waals surface area (Å²) < 4.78 is 10.6. The lowest BCUT2D eigenvalue weighted by Gasteiger charge is -2.36. The van der Waals surface area contributed by atoms with Crippen molar-refractivity contribution in [2.24, 2.45) is 10.9 Å². The fourth-order valence-corrected chi connectivity index (χ4v) is 5.38. The fraction of sp³-hybridized carbons (Fsp3) is 0.207. The third kappa shape index (κ3) is 3.50. The lowest BCUT2D eigenvalue weighted by molar-refractivity contribution is -0.163. The SMILES string of the molecule is CCOC(=O)[C@H]1[C@@]2(C=N[C@@]1(C(=O)OC)c1ccccc1)C(=O)N(C(=O)Nc1ccccc1)c1ccccc12. The molecule has 9 heteroatoms. The number of urea groups is 1. The van der Waals surface area contributed by atoms with Gasteiger partial charge in [0.1, 0.15) is 11.3 Å². The van der Waals surface area contributed by atoms with E-state index in [1.807, 2.05) is 0 Å². The zero-order valence-electron chi connectivity index (χ0n) is 20.8. The number of nitrogens with zero attached hydrogens (tertiary/aromatic N) is 2. The topological polar surface area (TPSA) is 114 Å². The van der Waals surface area contributed by atoms with Crippen molar-refractivity contribution in [3.63, 3.8) is 0 Å². The van der Waals surface area contributed by atoms with Crippen molar-refractivity contribution in [3.05, 3.63) is 96.1 Å². The van der Waals surface area contributed by atoms with Crippen LogP contribution < -0.4 is 10.2 Å². The van der Waals surface area contributed by atoms with Gasteiger partial charge in [0, 0.05) is 11.9 Å². The van der Waals surface area contributed by atoms with E-state index in [1.54, 1.807) is 91.9 Å². The average Bonchev–Trinajstić information content (AvgIpc) is 3.43. The zero-order valence-corrected chi connectivity index (χ0v) is 20.8. The van der Waals surface area contributed by atoms with Gasteiger partial charge < -0.3 is 14.8 Å². The number of benzene rings is 3. The number of imide groups is 1. The Morgan fingerprint density at radius 2 is 1.58 bits per heavy atom. The second-order valence-electron chi connectivity index (χ2n) is 8.89. The number of aliphatic imine (C=N–C) groups is 1. The number of hydrogen-bond donors (Lipinski definition) is 1. The fourth-order valence-electron chi connectivity index (χ4n) is 5.38. The predicted octanol–water partition coefficient (Wildman–Crippen LogP) is 3.84. The van der Waals surface area contributed by atoms with Crippen LogP contribution in [-0.2, 0) is 34.8 Å². The molecule has 0 unspecified atom stereocenters. The molecule has 0 saturated carbocycles. The molecular weight excluding hydrogens is 486 g/mol. The van der Waals surface area contributed by atoms with Crippen LogP contribution in [0.1, 0.15) is 18.1 Å². The first kappa shape index (κ1) is 24.9. The van der Waals surface area contributed by atoms with Crippen LogP contribution in [0, 0.1) is 5.92 Å². The van der Waals surface area contributed by atoms with Crippen LogP contribution in [0.5, 0.6) is 0 Å². The number of esters is 2. The van der Waals surface area contributed by atoms with Crippen molar-refractivity contribution in [3.8, 4) is 0 Å². The molecule has 38 heavy (non-hydrogen) atoms. The molecule has 3 aromatic carbocycles. The van der Waals surface area contributed by atoms with E-state index in [4.69, 9.17) is 9.47 Å². The van der Waals surface area contributed by atoms with E-state index in [2.05, 4.69) is 10.3 Å². The number of ether oxygens (including phenoxy) is 2. The van der Waals surface area contributed by atoms with Gasteiger partial charge in [0.15, 0.2) is 5.54 Å². The summed E-state index contributed by atoms with van der Waals surface area (Å²) in [5.41, 5.74) is -2.25. The summed E-state index contributed by atoms with van der Waals surface area (Å²) in [5.74, 6) is -3.84. The molecule has 5 rings (SSSR count). The van der Waals surface area contributed by atoms with Crippen LogP contribution in [0.2, 0.25) is 0 Å². The Balaban J connectivity index is 1.71. The first-order chi connectivity index (χ1) is 18.4. The van der Waals surface area contributed by atoms with E-state index in [0.29, 0.717) is 16.8 Å². The van der Waals surface area contributed by atoms with Crippen LogP contribution in [-0.4, -0.2) is 43.8 Å². The van der Waals surface area contributed by atoms with Crippen molar-refractivity contribution in [1.29, 1.82) is 0 Å². The monoisotopic (exact) mass is 511 g/mol. The van der Waals surface area contributed by atoms with Gasteiger partial charge in [-0.2, -0.15) is 0 Å². The summed E-state index contributed by atoms with van der Waals surface area (Å²) in [6, 6.07) is 23.1. The number of para-hydroxylation sites is 2. The number of carbonyl (C=O) groups excluding carboxylic acids is 4. The highest BCUT2D eigenvalue weighted by Crippen LogP contribution is 2.56. The minimum absolute atomic E-state index is 0.00546. The summed E-state index contributed by atoms with van der Waals surface area (Å²) in [5, 5.41) is 2.73. The third-order valence-electron chi connectivity index (χ3n) is 6.95. The maximum Gasteiger partial charge on any atom is 0.339 e. The van der Waals surface area contributed by atoms with Crippen LogP contribution in [0.25, 0.3) is 0 Å². The predicted molar refractivity (Wildman–Crippen MR) is 140 cm³/mol. The molecule has 1 spiro atoms. The molecule has 3 amide bonds. The molecule has 2 heterocycles. The van der Waals surface area contributed by atoms with Gasteiger partial charge in [0.2, 0.25) is 0 Å². The highest BCUT2D eigenvalue weighted by molar-refractivity contribution is 6.32. The van der Waals surface area contributed by atoms with E-state index < -0.39 is 40.7 Å². The number of fused-ring (bicyclic) bond motifs is 2. The van der Waals surface area contributed by atoms with E-state index in [1.165, 1.54) is 13.3 Å². The molecule has 0 bridgehead atoms. The summed E-state index contributed by atoms with van der Waals surface area (Å²) in [6.45, 7) is 1.64.